The molecule has 1 aromatic heterocycles. The molecule has 9 heteroatoms. The number of anilines is 1. The van der Waals surface area contributed by atoms with Crippen LogP contribution in [-0.4, -0.2) is 63.3 Å². The van der Waals surface area contributed by atoms with Crippen LogP contribution >= 0.6 is 11.3 Å². The molecule has 1 heterocycles. The van der Waals surface area contributed by atoms with Crippen molar-refractivity contribution in [3.8, 4) is 17.2 Å². The average molecular weight is 462 g/mol. The fourth-order valence-corrected chi connectivity index (χ4v) is 4.44. The molecule has 0 aliphatic rings. The van der Waals surface area contributed by atoms with E-state index >= 15 is 0 Å². The summed E-state index contributed by atoms with van der Waals surface area (Å²) in [5, 5.41) is 0.511. The number of methoxy groups -OCH3 is 3. The number of likely N-dealkylation sites (N-methyl/N-ethyl adjacent to an activating group) is 1. The van der Waals surface area contributed by atoms with Crippen molar-refractivity contribution in [2.75, 3.05) is 52.4 Å². The maximum absolute atomic E-state index is 13.7. The topological polar surface area (TPSA) is 64.1 Å². The van der Waals surface area contributed by atoms with Crippen molar-refractivity contribution in [1.82, 2.24) is 9.88 Å². The normalized spacial score (nSPS) is 11.1. The standard InChI is InChI=1S/C23H28FN3O4S/c1-6-26(7-2)10-11-27(23-25-17-9-8-16(24)14-20(17)32-23)22(28)15-12-18(29-3)21(31-5)19(13-15)30-4/h8-9,12-14H,6-7,10-11H2,1-5H3. The number of fused-ring (bicyclic) bond motifs is 1. The molecule has 0 saturated carbocycles. The fourth-order valence-electron chi connectivity index (χ4n) is 3.43. The predicted octanol–water partition coefficient (Wildman–Crippen LogP) is 4.45. The third-order valence-electron chi connectivity index (χ3n) is 5.26. The largest absolute Gasteiger partial charge is 0.493 e. The van der Waals surface area contributed by atoms with Crippen LogP contribution in [0.5, 0.6) is 17.2 Å². The SMILES string of the molecule is CCN(CC)CCN(C(=O)c1cc(OC)c(OC)c(OC)c1)c1nc2ccc(F)cc2s1. The maximum Gasteiger partial charge on any atom is 0.260 e. The summed E-state index contributed by atoms with van der Waals surface area (Å²) in [7, 11) is 4.52. The van der Waals surface area contributed by atoms with E-state index in [0.717, 1.165) is 13.1 Å². The molecular formula is C23H28FN3O4S. The zero-order chi connectivity index (χ0) is 23.3. The molecule has 0 N–H and O–H groups in total. The Bertz CT molecular complexity index is 1060. The molecule has 0 radical (unpaired) electrons. The number of amides is 1. The first-order valence-corrected chi connectivity index (χ1v) is 11.2. The van der Waals surface area contributed by atoms with Gasteiger partial charge in [0.25, 0.3) is 5.91 Å². The number of nitrogens with zero attached hydrogens (tertiary/aromatic N) is 3. The van der Waals surface area contributed by atoms with E-state index < -0.39 is 0 Å². The molecule has 3 aromatic rings. The number of aromatic nitrogens is 1. The van der Waals surface area contributed by atoms with Gasteiger partial charge in [0, 0.05) is 18.7 Å². The summed E-state index contributed by atoms with van der Waals surface area (Å²) in [5.41, 5.74) is 1.03. The van der Waals surface area contributed by atoms with Gasteiger partial charge in [0.05, 0.1) is 31.5 Å². The molecule has 0 aliphatic carbocycles. The molecule has 0 aliphatic heterocycles. The van der Waals surface area contributed by atoms with Gasteiger partial charge < -0.3 is 19.1 Å². The fraction of sp³-hybridized carbons (Fsp3) is 0.391. The molecule has 172 valence electrons. The molecule has 3 rings (SSSR count). The highest BCUT2D eigenvalue weighted by atomic mass is 32.1. The molecule has 32 heavy (non-hydrogen) atoms. The number of hydrogen-bond acceptors (Lipinski definition) is 7. The van der Waals surface area contributed by atoms with E-state index in [4.69, 9.17) is 14.2 Å². The molecule has 1 amide bonds. The molecule has 2 aromatic carbocycles. The van der Waals surface area contributed by atoms with Crippen molar-refractivity contribution < 1.29 is 23.4 Å². The summed E-state index contributed by atoms with van der Waals surface area (Å²) < 4.78 is 30.6. The van der Waals surface area contributed by atoms with Crippen molar-refractivity contribution in [3.05, 3.63) is 41.7 Å². The molecule has 0 unspecified atom stereocenters. The number of benzene rings is 2. The second-order valence-electron chi connectivity index (χ2n) is 7.01. The van der Waals surface area contributed by atoms with Crippen LogP contribution in [0, 0.1) is 5.82 Å². The van der Waals surface area contributed by atoms with Crippen molar-refractivity contribution in [2.24, 2.45) is 0 Å². The summed E-state index contributed by atoms with van der Waals surface area (Å²) >= 11 is 1.29. The van der Waals surface area contributed by atoms with Crippen LogP contribution < -0.4 is 19.1 Å². The Hall–Kier alpha value is -2.91. The summed E-state index contributed by atoms with van der Waals surface area (Å²) in [4.78, 5) is 22.1. The molecule has 0 fully saturated rings. The Balaban J connectivity index is 2.04. The Morgan fingerprint density at radius 3 is 2.22 bits per heavy atom. The molecule has 0 spiro atoms. The molecule has 0 bridgehead atoms. The Labute approximate surface area is 191 Å². The van der Waals surface area contributed by atoms with Gasteiger partial charge in [-0.3, -0.25) is 9.69 Å². The number of ether oxygens (including phenoxy) is 3. The van der Waals surface area contributed by atoms with E-state index in [9.17, 15) is 9.18 Å². The van der Waals surface area contributed by atoms with Crippen LogP contribution in [0.4, 0.5) is 9.52 Å². The van der Waals surface area contributed by atoms with E-state index in [2.05, 4.69) is 23.7 Å². The van der Waals surface area contributed by atoms with Crippen molar-refractivity contribution in [1.29, 1.82) is 0 Å². The lowest BCUT2D eigenvalue weighted by Gasteiger charge is -2.25. The second-order valence-corrected chi connectivity index (χ2v) is 8.02. The lowest BCUT2D eigenvalue weighted by atomic mass is 10.1. The van der Waals surface area contributed by atoms with Gasteiger partial charge in [0.15, 0.2) is 16.6 Å². The molecular weight excluding hydrogens is 433 g/mol. The van der Waals surface area contributed by atoms with Crippen LogP contribution in [0.3, 0.4) is 0 Å². The third kappa shape index (κ3) is 4.94. The minimum Gasteiger partial charge on any atom is -0.493 e. The maximum atomic E-state index is 13.7. The molecule has 0 saturated heterocycles. The Morgan fingerprint density at radius 2 is 1.66 bits per heavy atom. The van der Waals surface area contributed by atoms with E-state index in [-0.39, 0.29) is 11.7 Å². The van der Waals surface area contributed by atoms with Gasteiger partial charge in [-0.15, -0.1) is 0 Å². The first-order chi connectivity index (χ1) is 15.4. The highest BCUT2D eigenvalue weighted by Crippen LogP contribution is 2.39. The van der Waals surface area contributed by atoms with Gasteiger partial charge in [-0.05, 0) is 43.4 Å². The second kappa shape index (κ2) is 10.6. The molecule has 0 atom stereocenters. The van der Waals surface area contributed by atoms with Crippen LogP contribution in [0.2, 0.25) is 0 Å². The number of hydrogen-bond donors (Lipinski definition) is 0. The van der Waals surface area contributed by atoms with Crippen molar-refractivity contribution >= 4 is 32.6 Å². The van der Waals surface area contributed by atoms with Gasteiger partial charge in [-0.2, -0.15) is 0 Å². The van der Waals surface area contributed by atoms with Gasteiger partial charge in [0.2, 0.25) is 5.75 Å². The van der Waals surface area contributed by atoms with Gasteiger partial charge in [0.1, 0.15) is 5.82 Å². The minimum absolute atomic E-state index is 0.254. The first-order valence-electron chi connectivity index (χ1n) is 10.4. The van der Waals surface area contributed by atoms with E-state index in [1.165, 1.54) is 44.8 Å². The van der Waals surface area contributed by atoms with Gasteiger partial charge >= 0.3 is 0 Å². The quantitative estimate of drug-likeness (QED) is 0.445. The minimum atomic E-state index is -0.335. The highest BCUT2D eigenvalue weighted by Gasteiger charge is 2.25. The Morgan fingerprint density at radius 1 is 1.00 bits per heavy atom. The number of thiazole rings is 1. The van der Waals surface area contributed by atoms with Crippen molar-refractivity contribution in [3.63, 3.8) is 0 Å². The van der Waals surface area contributed by atoms with Crippen LogP contribution in [0.1, 0.15) is 24.2 Å². The number of carbonyl (C=O) groups excluding carboxylic acids is 1. The Kier molecular flexibility index (Phi) is 7.87. The zero-order valence-corrected chi connectivity index (χ0v) is 19.8. The van der Waals surface area contributed by atoms with Crippen LogP contribution in [0.15, 0.2) is 30.3 Å². The highest BCUT2D eigenvalue weighted by molar-refractivity contribution is 7.22. The molecule has 7 nitrogen and oxygen atoms in total. The van der Waals surface area contributed by atoms with Crippen LogP contribution in [0.25, 0.3) is 10.2 Å². The number of halogens is 1. The zero-order valence-electron chi connectivity index (χ0n) is 19.0. The van der Waals surface area contributed by atoms with Crippen molar-refractivity contribution in [2.45, 2.75) is 13.8 Å². The summed E-state index contributed by atoms with van der Waals surface area (Å²) in [6.07, 6.45) is 0. The van der Waals surface area contributed by atoms with Gasteiger partial charge in [-0.1, -0.05) is 25.2 Å². The first kappa shape index (κ1) is 23.7. The monoisotopic (exact) mass is 461 g/mol. The predicted molar refractivity (Wildman–Crippen MR) is 125 cm³/mol. The lowest BCUT2D eigenvalue weighted by molar-refractivity contribution is 0.0983. The average Bonchev–Trinajstić information content (AvgIpc) is 3.23. The smallest absolute Gasteiger partial charge is 0.260 e. The van der Waals surface area contributed by atoms with Gasteiger partial charge in [-0.25, -0.2) is 9.37 Å². The van der Waals surface area contributed by atoms with Crippen LogP contribution in [-0.2, 0) is 0 Å². The number of carbonyl (C=O) groups is 1. The number of rotatable bonds is 10. The summed E-state index contributed by atoms with van der Waals surface area (Å²) in [6.45, 7) is 7.00. The van der Waals surface area contributed by atoms with E-state index in [1.54, 1.807) is 23.1 Å². The lowest BCUT2D eigenvalue weighted by Crippen LogP contribution is -2.38. The van der Waals surface area contributed by atoms with E-state index in [1.807, 2.05) is 0 Å². The third-order valence-corrected chi connectivity index (χ3v) is 6.30. The summed E-state index contributed by atoms with van der Waals surface area (Å²) in [5.74, 6) is 0.613. The summed E-state index contributed by atoms with van der Waals surface area (Å²) in [6, 6.07) is 7.68. The van der Waals surface area contributed by atoms with E-state index in [0.29, 0.717) is 51.2 Å².